The molecule has 1 atom stereocenters. The molecule has 8 nitrogen and oxygen atoms in total. The number of amides is 2. The highest BCUT2D eigenvalue weighted by Gasteiger charge is 2.31. The lowest BCUT2D eigenvalue weighted by Crippen LogP contribution is -2.52. The molecule has 36 heavy (non-hydrogen) atoms. The van der Waals surface area contributed by atoms with Crippen molar-refractivity contribution in [3.63, 3.8) is 0 Å². The van der Waals surface area contributed by atoms with E-state index in [4.69, 9.17) is 27.9 Å². The SMILES string of the molecule is CCCCNC(=O)[C@H](CC)N(Cc1ccc(Cl)c(Cl)c1)C(=O)CN(c1ccc(OC)cc1)S(C)(=O)=O. The van der Waals surface area contributed by atoms with Crippen molar-refractivity contribution in [1.82, 2.24) is 10.2 Å². The summed E-state index contributed by atoms with van der Waals surface area (Å²) in [5.74, 6) is -0.274. The van der Waals surface area contributed by atoms with E-state index < -0.39 is 28.5 Å². The van der Waals surface area contributed by atoms with Gasteiger partial charge in [-0.25, -0.2) is 8.42 Å². The number of carbonyl (C=O) groups excluding carboxylic acids is 2. The van der Waals surface area contributed by atoms with Gasteiger partial charge in [0.2, 0.25) is 21.8 Å². The second kappa shape index (κ2) is 13.7. The van der Waals surface area contributed by atoms with E-state index in [0.29, 0.717) is 40.0 Å². The number of nitrogens with one attached hydrogen (secondary N) is 1. The van der Waals surface area contributed by atoms with Gasteiger partial charge in [0.25, 0.3) is 0 Å². The van der Waals surface area contributed by atoms with Crippen LogP contribution in [0.5, 0.6) is 5.75 Å². The molecule has 2 aromatic rings. The number of sulfonamides is 1. The molecular weight excluding hydrogens is 525 g/mol. The van der Waals surface area contributed by atoms with Crippen LogP contribution in [0, 0.1) is 0 Å². The quantitative estimate of drug-likeness (QED) is 0.366. The van der Waals surface area contributed by atoms with Crippen LogP contribution < -0.4 is 14.4 Å². The van der Waals surface area contributed by atoms with Crippen molar-refractivity contribution in [2.75, 3.05) is 30.8 Å². The zero-order valence-corrected chi connectivity index (χ0v) is 23.3. The molecular formula is C25H33Cl2N3O5S. The molecule has 0 fully saturated rings. The largest absolute Gasteiger partial charge is 0.497 e. The first-order chi connectivity index (χ1) is 17.0. The molecule has 0 aliphatic carbocycles. The van der Waals surface area contributed by atoms with Gasteiger partial charge in [-0.1, -0.05) is 49.5 Å². The number of rotatable bonds is 13. The van der Waals surface area contributed by atoms with E-state index >= 15 is 0 Å². The van der Waals surface area contributed by atoms with Crippen molar-refractivity contribution in [3.8, 4) is 5.75 Å². The van der Waals surface area contributed by atoms with Crippen LogP contribution in [-0.4, -0.2) is 57.6 Å². The van der Waals surface area contributed by atoms with E-state index in [1.165, 1.54) is 12.0 Å². The zero-order valence-electron chi connectivity index (χ0n) is 21.0. The van der Waals surface area contributed by atoms with Crippen molar-refractivity contribution < 1.29 is 22.7 Å². The molecule has 11 heteroatoms. The number of ether oxygens (including phenoxy) is 1. The molecule has 0 bridgehead atoms. The third-order valence-corrected chi connectivity index (χ3v) is 7.47. The predicted molar refractivity (Wildman–Crippen MR) is 144 cm³/mol. The lowest BCUT2D eigenvalue weighted by atomic mass is 10.1. The first-order valence-corrected chi connectivity index (χ1v) is 14.2. The van der Waals surface area contributed by atoms with E-state index in [2.05, 4.69) is 5.32 Å². The monoisotopic (exact) mass is 557 g/mol. The van der Waals surface area contributed by atoms with E-state index in [1.807, 2.05) is 6.92 Å². The maximum Gasteiger partial charge on any atom is 0.244 e. The number of nitrogens with zero attached hydrogens (tertiary/aromatic N) is 2. The number of benzene rings is 2. The Morgan fingerprint density at radius 2 is 1.72 bits per heavy atom. The van der Waals surface area contributed by atoms with Gasteiger partial charge in [-0.15, -0.1) is 0 Å². The number of hydrogen-bond donors (Lipinski definition) is 1. The fraction of sp³-hybridized carbons (Fsp3) is 0.440. The summed E-state index contributed by atoms with van der Waals surface area (Å²) in [5, 5.41) is 3.56. The molecule has 2 amide bonds. The topological polar surface area (TPSA) is 96.0 Å². The fourth-order valence-corrected chi connectivity index (χ4v) is 4.79. The summed E-state index contributed by atoms with van der Waals surface area (Å²) in [6.45, 7) is 3.88. The molecule has 0 saturated carbocycles. The van der Waals surface area contributed by atoms with E-state index in [0.717, 1.165) is 23.4 Å². The normalized spacial score (nSPS) is 12.1. The van der Waals surface area contributed by atoms with Gasteiger partial charge < -0.3 is 15.0 Å². The average molecular weight is 559 g/mol. The molecule has 0 unspecified atom stereocenters. The molecule has 0 radical (unpaired) electrons. The molecule has 2 aromatic carbocycles. The second-order valence-electron chi connectivity index (χ2n) is 8.31. The van der Waals surface area contributed by atoms with E-state index in [1.54, 1.807) is 49.4 Å². The van der Waals surface area contributed by atoms with Gasteiger partial charge in [0, 0.05) is 13.1 Å². The molecule has 0 heterocycles. The Kier molecular flexibility index (Phi) is 11.3. The first kappa shape index (κ1) is 29.7. The Morgan fingerprint density at radius 3 is 2.25 bits per heavy atom. The third-order valence-electron chi connectivity index (χ3n) is 5.59. The van der Waals surface area contributed by atoms with Gasteiger partial charge in [0.15, 0.2) is 0 Å². The van der Waals surface area contributed by atoms with Crippen molar-refractivity contribution in [2.24, 2.45) is 0 Å². The maximum atomic E-state index is 13.6. The smallest absolute Gasteiger partial charge is 0.244 e. The third kappa shape index (κ3) is 8.28. The van der Waals surface area contributed by atoms with Crippen molar-refractivity contribution in [1.29, 1.82) is 0 Å². The highest BCUT2D eigenvalue weighted by Crippen LogP contribution is 2.25. The Hall–Kier alpha value is -2.49. The summed E-state index contributed by atoms with van der Waals surface area (Å²) < 4.78 is 31.4. The van der Waals surface area contributed by atoms with Crippen LogP contribution in [0.3, 0.4) is 0 Å². The van der Waals surface area contributed by atoms with Crippen LogP contribution in [0.15, 0.2) is 42.5 Å². The molecule has 0 aromatic heterocycles. The molecule has 0 spiro atoms. The maximum absolute atomic E-state index is 13.6. The van der Waals surface area contributed by atoms with Gasteiger partial charge >= 0.3 is 0 Å². The van der Waals surface area contributed by atoms with Crippen molar-refractivity contribution in [2.45, 2.75) is 45.7 Å². The molecule has 0 aliphatic rings. The number of carbonyl (C=O) groups is 2. The number of methoxy groups -OCH3 is 1. The summed E-state index contributed by atoms with van der Waals surface area (Å²) in [7, 11) is -2.31. The minimum Gasteiger partial charge on any atom is -0.497 e. The van der Waals surface area contributed by atoms with E-state index in [9.17, 15) is 18.0 Å². The van der Waals surface area contributed by atoms with Crippen LogP contribution in [0.4, 0.5) is 5.69 Å². The number of anilines is 1. The van der Waals surface area contributed by atoms with E-state index in [-0.39, 0.29) is 12.5 Å². The summed E-state index contributed by atoms with van der Waals surface area (Å²) in [6, 6.07) is 10.5. The van der Waals surface area contributed by atoms with Gasteiger partial charge in [-0.3, -0.25) is 13.9 Å². The van der Waals surface area contributed by atoms with Crippen molar-refractivity contribution in [3.05, 3.63) is 58.1 Å². The number of unbranched alkanes of at least 4 members (excludes halogenated alkanes) is 1. The van der Waals surface area contributed by atoms with Gasteiger partial charge in [0.1, 0.15) is 18.3 Å². The Morgan fingerprint density at radius 1 is 1.06 bits per heavy atom. The van der Waals surface area contributed by atoms with Crippen molar-refractivity contribution >= 4 is 50.7 Å². The molecule has 2 rings (SSSR count). The van der Waals surface area contributed by atoms with Crippen LogP contribution in [0.1, 0.15) is 38.7 Å². The highest BCUT2D eigenvalue weighted by atomic mass is 35.5. The van der Waals surface area contributed by atoms with Crippen LogP contribution in [0.2, 0.25) is 10.0 Å². The van der Waals surface area contributed by atoms with Crippen LogP contribution in [0.25, 0.3) is 0 Å². The van der Waals surface area contributed by atoms with Gasteiger partial charge in [-0.05, 0) is 54.8 Å². The minimum atomic E-state index is -3.82. The molecule has 1 N–H and O–H groups in total. The molecule has 0 aliphatic heterocycles. The molecule has 0 saturated heterocycles. The zero-order chi connectivity index (χ0) is 26.9. The lowest BCUT2D eigenvalue weighted by molar-refractivity contribution is -0.140. The van der Waals surface area contributed by atoms with Gasteiger partial charge in [0.05, 0.1) is 29.1 Å². The summed E-state index contributed by atoms with van der Waals surface area (Å²) in [4.78, 5) is 28.1. The van der Waals surface area contributed by atoms with Crippen LogP contribution >= 0.6 is 23.2 Å². The standard InChI is InChI=1S/C25H33Cl2N3O5S/c1-5-7-14-28-25(32)23(6-2)29(16-18-8-13-21(26)22(27)15-18)24(31)17-30(36(4,33)34)19-9-11-20(35-3)12-10-19/h8-13,15,23H,5-7,14,16-17H2,1-4H3,(H,28,32)/t23-/m0/s1. The first-order valence-electron chi connectivity index (χ1n) is 11.6. The van der Waals surface area contributed by atoms with Gasteiger partial charge in [-0.2, -0.15) is 0 Å². The number of hydrogen-bond acceptors (Lipinski definition) is 5. The lowest BCUT2D eigenvalue weighted by Gasteiger charge is -2.33. The second-order valence-corrected chi connectivity index (χ2v) is 11.0. The average Bonchev–Trinajstić information content (AvgIpc) is 2.84. The minimum absolute atomic E-state index is 0.0512. The number of halogens is 2. The Bertz CT molecular complexity index is 1140. The molecule has 198 valence electrons. The predicted octanol–water partition coefficient (Wildman–Crippen LogP) is 4.49. The summed E-state index contributed by atoms with van der Waals surface area (Å²) in [6.07, 6.45) is 3.09. The Labute approximate surface area is 223 Å². The summed E-state index contributed by atoms with van der Waals surface area (Å²) in [5.41, 5.74) is 0.967. The fourth-order valence-electron chi connectivity index (χ4n) is 3.62. The highest BCUT2D eigenvalue weighted by molar-refractivity contribution is 7.92. The van der Waals surface area contributed by atoms with Crippen LogP contribution in [-0.2, 0) is 26.2 Å². The summed E-state index contributed by atoms with van der Waals surface area (Å²) >= 11 is 12.2. The Balaban J connectivity index is 2.42.